The average Bonchev–Trinajstić information content (AvgIpc) is 2.84. The van der Waals surface area contributed by atoms with Crippen LogP contribution in [0.1, 0.15) is 10.4 Å². The van der Waals surface area contributed by atoms with Crippen LogP contribution in [0.2, 0.25) is 5.02 Å². The molecule has 1 saturated heterocycles. The van der Waals surface area contributed by atoms with Crippen LogP contribution in [0.3, 0.4) is 0 Å². The third kappa shape index (κ3) is 2.83. The first-order valence-electron chi connectivity index (χ1n) is 5.90. The molecule has 1 aromatic carbocycles. The van der Waals surface area contributed by atoms with Gasteiger partial charge in [0, 0.05) is 27.3 Å². The van der Waals surface area contributed by atoms with Crippen molar-refractivity contribution in [3.05, 3.63) is 28.8 Å². The van der Waals surface area contributed by atoms with E-state index in [1.165, 1.54) is 18.2 Å². The van der Waals surface area contributed by atoms with Gasteiger partial charge < -0.3 is 19.5 Å². The zero-order valence-electron chi connectivity index (χ0n) is 10.8. The Morgan fingerprint density at radius 3 is 2.42 bits per heavy atom. The molecule has 1 amide bonds. The second kappa shape index (κ2) is 5.77. The second-order valence-corrected chi connectivity index (χ2v) is 4.83. The number of carbonyl (C=O) groups excluding carboxylic acids is 1. The number of hydrogen-bond acceptors (Lipinski definition) is 4. The van der Waals surface area contributed by atoms with E-state index < -0.39 is 0 Å². The molecule has 0 aliphatic carbocycles. The number of rotatable bonds is 3. The highest BCUT2D eigenvalue weighted by Crippen LogP contribution is 2.25. The molecular formula is C13H16ClNO4. The summed E-state index contributed by atoms with van der Waals surface area (Å²) in [5.41, 5.74) is 0.285. The minimum absolute atomic E-state index is 0.0125. The third-order valence-corrected chi connectivity index (χ3v) is 3.62. The Hall–Kier alpha value is -1.30. The van der Waals surface area contributed by atoms with Gasteiger partial charge in [-0.1, -0.05) is 11.6 Å². The van der Waals surface area contributed by atoms with Crippen LogP contribution in [0.5, 0.6) is 5.75 Å². The van der Waals surface area contributed by atoms with Crippen LogP contribution in [0.15, 0.2) is 18.2 Å². The summed E-state index contributed by atoms with van der Waals surface area (Å²) < 4.78 is 10.6. The number of carbonyl (C=O) groups is 1. The van der Waals surface area contributed by atoms with E-state index in [1.54, 1.807) is 19.1 Å². The van der Waals surface area contributed by atoms with Gasteiger partial charge in [-0.15, -0.1) is 0 Å². The number of ether oxygens (including phenoxy) is 2. The zero-order valence-corrected chi connectivity index (χ0v) is 11.6. The van der Waals surface area contributed by atoms with Gasteiger partial charge in [0.15, 0.2) is 0 Å². The molecule has 6 heteroatoms. The molecular weight excluding hydrogens is 270 g/mol. The quantitative estimate of drug-likeness (QED) is 0.915. The van der Waals surface area contributed by atoms with E-state index in [-0.39, 0.29) is 29.4 Å². The number of nitrogens with zero attached hydrogens (tertiary/aromatic N) is 1. The van der Waals surface area contributed by atoms with Gasteiger partial charge in [0.1, 0.15) is 18.0 Å². The van der Waals surface area contributed by atoms with E-state index in [4.69, 9.17) is 21.1 Å². The summed E-state index contributed by atoms with van der Waals surface area (Å²) in [5.74, 6) is -0.221. The van der Waals surface area contributed by atoms with Crippen LogP contribution in [0.4, 0.5) is 0 Å². The van der Waals surface area contributed by atoms with Crippen molar-refractivity contribution >= 4 is 17.5 Å². The Labute approximate surface area is 116 Å². The Kier molecular flexibility index (Phi) is 4.29. The van der Waals surface area contributed by atoms with Crippen molar-refractivity contribution in [1.82, 2.24) is 4.90 Å². The van der Waals surface area contributed by atoms with Crippen molar-refractivity contribution in [3.8, 4) is 5.75 Å². The van der Waals surface area contributed by atoms with Crippen LogP contribution in [0, 0.1) is 0 Å². The molecule has 2 rings (SSSR count). The fraction of sp³-hybridized carbons (Fsp3) is 0.462. The summed E-state index contributed by atoms with van der Waals surface area (Å²) in [6, 6.07) is 4.31. The van der Waals surface area contributed by atoms with Crippen LogP contribution in [-0.4, -0.2) is 55.4 Å². The largest absolute Gasteiger partial charge is 0.508 e. The predicted molar refractivity (Wildman–Crippen MR) is 70.6 cm³/mol. The lowest BCUT2D eigenvalue weighted by Crippen LogP contribution is -2.30. The molecule has 1 aliphatic rings. The minimum Gasteiger partial charge on any atom is -0.508 e. The van der Waals surface area contributed by atoms with E-state index >= 15 is 0 Å². The van der Waals surface area contributed by atoms with Crippen molar-refractivity contribution in [3.63, 3.8) is 0 Å². The molecule has 104 valence electrons. The van der Waals surface area contributed by atoms with Gasteiger partial charge in [-0.2, -0.15) is 0 Å². The Morgan fingerprint density at radius 2 is 1.89 bits per heavy atom. The highest BCUT2D eigenvalue weighted by Gasteiger charge is 2.36. The average molecular weight is 286 g/mol. The van der Waals surface area contributed by atoms with Gasteiger partial charge in [-0.25, -0.2) is 0 Å². The molecule has 1 fully saturated rings. The highest BCUT2D eigenvalue weighted by atomic mass is 35.5. The third-order valence-electron chi connectivity index (χ3n) is 3.29. The van der Waals surface area contributed by atoms with E-state index in [2.05, 4.69) is 0 Å². The van der Waals surface area contributed by atoms with E-state index in [1.807, 2.05) is 0 Å². The van der Waals surface area contributed by atoms with Crippen molar-refractivity contribution < 1.29 is 19.4 Å². The molecule has 5 nitrogen and oxygen atoms in total. The molecule has 1 aromatic rings. The van der Waals surface area contributed by atoms with Crippen molar-refractivity contribution in [2.45, 2.75) is 12.2 Å². The SMILES string of the molecule is COC1CN(C(=O)c2cc(O)ccc2Cl)CC1OC. The first-order valence-corrected chi connectivity index (χ1v) is 6.28. The maximum Gasteiger partial charge on any atom is 0.255 e. The smallest absolute Gasteiger partial charge is 0.255 e. The van der Waals surface area contributed by atoms with Gasteiger partial charge in [0.2, 0.25) is 0 Å². The predicted octanol–water partition coefficient (Wildman–Crippen LogP) is 1.53. The number of benzene rings is 1. The zero-order chi connectivity index (χ0) is 14.0. The molecule has 19 heavy (non-hydrogen) atoms. The summed E-state index contributed by atoms with van der Waals surface area (Å²) in [6.45, 7) is 0.889. The number of likely N-dealkylation sites (tertiary alicyclic amines) is 1. The number of aromatic hydroxyl groups is 1. The van der Waals surface area contributed by atoms with Crippen LogP contribution >= 0.6 is 11.6 Å². The molecule has 0 saturated carbocycles. The molecule has 0 aromatic heterocycles. The molecule has 0 radical (unpaired) electrons. The Morgan fingerprint density at radius 1 is 1.32 bits per heavy atom. The number of halogens is 1. The Balaban J connectivity index is 2.19. The standard InChI is InChI=1S/C13H16ClNO4/c1-18-11-6-15(7-12(11)19-2)13(17)9-5-8(16)3-4-10(9)14/h3-5,11-12,16H,6-7H2,1-2H3. The lowest BCUT2D eigenvalue weighted by Gasteiger charge is -2.16. The summed E-state index contributed by atoms with van der Waals surface area (Å²) in [5, 5.41) is 9.76. The van der Waals surface area contributed by atoms with E-state index in [9.17, 15) is 9.90 Å². The van der Waals surface area contributed by atoms with Gasteiger partial charge >= 0.3 is 0 Å². The van der Waals surface area contributed by atoms with Crippen LogP contribution in [0.25, 0.3) is 0 Å². The summed E-state index contributed by atoms with van der Waals surface area (Å²) in [6.07, 6.45) is -0.296. The first-order chi connectivity index (χ1) is 9.06. The van der Waals surface area contributed by atoms with Gasteiger partial charge in [-0.05, 0) is 18.2 Å². The van der Waals surface area contributed by atoms with Crippen LogP contribution in [-0.2, 0) is 9.47 Å². The molecule has 2 atom stereocenters. The van der Waals surface area contributed by atoms with E-state index in [0.29, 0.717) is 18.1 Å². The maximum atomic E-state index is 12.4. The number of methoxy groups -OCH3 is 2. The monoisotopic (exact) mass is 285 g/mol. The normalized spacial score (nSPS) is 22.8. The number of amides is 1. The van der Waals surface area contributed by atoms with Crippen molar-refractivity contribution in [2.75, 3.05) is 27.3 Å². The molecule has 2 unspecified atom stereocenters. The fourth-order valence-electron chi connectivity index (χ4n) is 2.21. The van der Waals surface area contributed by atoms with Gasteiger partial charge in [-0.3, -0.25) is 4.79 Å². The molecule has 1 heterocycles. The lowest BCUT2D eigenvalue weighted by molar-refractivity contribution is -0.00461. The van der Waals surface area contributed by atoms with Gasteiger partial charge in [0.25, 0.3) is 5.91 Å². The number of phenols is 1. The fourth-order valence-corrected chi connectivity index (χ4v) is 2.41. The Bertz CT molecular complexity index is 468. The summed E-state index contributed by atoms with van der Waals surface area (Å²) in [4.78, 5) is 14.0. The number of phenolic OH excluding ortho intramolecular Hbond substituents is 1. The summed E-state index contributed by atoms with van der Waals surface area (Å²) in [7, 11) is 3.18. The lowest BCUT2D eigenvalue weighted by atomic mass is 10.2. The van der Waals surface area contributed by atoms with E-state index in [0.717, 1.165) is 0 Å². The highest BCUT2D eigenvalue weighted by molar-refractivity contribution is 6.33. The number of hydrogen-bond donors (Lipinski definition) is 1. The second-order valence-electron chi connectivity index (χ2n) is 4.42. The minimum atomic E-state index is -0.234. The van der Waals surface area contributed by atoms with Gasteiger partial charge in [0.05, 0.1) is 10.6 Å². The molecule has 1 aliphatic heterocycles. The van der Waals surface area contributed by atoms with Crippen molar-refractivity contribution in [1.29, 1.82) is 0 Å². The molecule has 1 N–H and O–H groups in total. The van der Waals surface area contributed by atoms with Crippen LogP contribution < -0.4 is 0 Å². The van der Waals surface area contributed by atoms with Crippen molar-refractivity contribution in [2.24, 2.45) is 0 Å². The maximum absolute atomic E-state index is 12.4. The first kappa shape index (κ1) is 14.1. The molecule has 0 spiro atoms. The topological polar surface area (TPSA) is 59.0 Å². The summed E-state index contributed by atoms with van der Waals surface area (Å²) >= 11 is 5.99. The molecule has 0 bridgehead atoms.